The van der Waals surface area contributed by atoms with E-state index in [-0.39, 0.29) is 51.1 Å². The summed E-state index contributed by atoms with van der Waals surface area (Å²) >= 11 is 0. The number of terminal acetylenes is 1. The van der Waals surface area contributed by atoms with Gasteiger partial charge in [-0.1, -0.05) is 62.4 Å². The fraction of sp³-hybridized carbons (Fsp3) is 0.649. The Morgan fingerprint density at radius 1 is 1.02 bits per heavy atom. The van der Waals surface area contributed by atoms with Crippen molar-refractivity contribution in [3.8, 4) is 24.2 Å². The largest absolute Gasteiger partial charge is 0.401 e. The number of likely N-dealkylation sites (N-methyl/N-ethyl adjacent to an activating group) is 2. The van der Waals surface area contributed by atoms with Gasteiger partial charge in [0.25, 0.3) is 0 Å². The maximum absolute atomic E-state index is 13.8. The number of nitrogens with one attached hydrogen (secondary N) is 2. The van der Waals surface area contributed by atoms with Crippen LogP contribution in [0.25, 0.3) is 0 Å². The summed E-state index contributed by atoms with van der Waals surface area (Å²) in [6.07, 6.45) is 4.47. The first-order valence-electron chi connectivity index (χ1n) is 17.1. The van der Waals surface area contributed by atoms with E-state index < -0.39 is 60.7 Å². The molecular formula is C37H53F3N4O5. The molecule has 0 aliphatic heterocycles. The molecule has 1 aliphatic rings. The summed E-state index contributed by atoms with van der Waals surface area (Å²) in [6.45, 7) is 0.508. The highest BCUT2D eigenvalue weighted by atomic mass is 19.4. The average Bonchev–Trinajstić information content (AvgIpc) is 3.06. The number of rotatable bonds is 19. The van der Waals surface area contributed by atoms with Crippen molar-refractivity contribution in [1.82, 2.24) is 20.4 Å². The second kappa shape index (κ2) is 21.5. The molecule has 0 bridgehead atoms. The van der Waals surface area contributed by atoms with Crippen molar-refractivity contribution in [2.45, 2.75) is 108 Å². The molecule has 272 valence electrons. The minimum atomic E-state index is -4.36. The van der Waals surface area contributed by atoms with Gasteiger partial charge in [-0.15, -0.1) is 24.2 Å². The summed E-state index contributed by atoms with van der Waals surface area (Å²) in [7, 11) is 2.79. The molecule has 1 fully saturated rings. The van der Waals surface area contributed by atoms with E-state index in [2.05, 4.69) is 28.4 Å². The summed E-state index contributed by atoms with van der Waals surface area (Å²) in [5.74, 6) is 5.83. The van der Waals surface area contributed by atoms with E-state index >= 15 is 0 Å². The lowest BCUT2D eigenvalue weighted by atomic mass is 9.82. The van der Waals surface area contributed by atoms with Gasteiger partial charge in [-0.3, -0.25) is 19.3 Å². The Balaban J connectivity index is 2.23. The van der Waals surface area contributed by atoms with Crippen LogP contribution in [-0.4, -0.2) is 102 Å². The quantitative estimate of drug-likeness (QED) is 0.165. The van der Waals surface area contributed by atoms with Crippen LogP contribution in [0.2, 0.25) is 0 Å². The highest BCUT2D eigenvalue weighted by Crippen LogP contribution is 2.29. The first kappa shape index (κ1) is 41.6. The molecule has 1 saturated carbocycles. The van der Waals surface area contributed by atoms with E-state index in [0.29, 0.717) is 6.42 Å². The maximum atomic E-state index is 13.8. The second-order valence-corrected chi connectivity index (χ2v) is 13.1. The molecule has 3 amide bonds. The van der Waals surface area contributed by atoms with E-state index in [9.17, 15) is 37.8 Å². The Labute approximate surface area is 289 Å². The van der Waals surface area contributed by atoms with Crippen LogP contribution in [0.3, 0.4) is 0 Å². The van der Waals surface area contributed by atoms with Crippen LogP contribution in [-0.2, 0) is 20.8 Å². The fourth-order valence-corrected chi connectivity index (χ4v) is 6.08. The molecule has 2 rings (SSSR count). The molecule has 3 unspecified atom stereocenters. The zero-order chi connectivity index (χ0) is 36.4. The van der Waals surface area contributed by atoms with Crippen molar-refractivity contribution >= 4 is 17.7 Å². The van der Waals surface area contributed by atoms with Gasteiger partial charge in [0.1, 0.15) is 12.1 Å². The number of amides is 3. The molecule has 49 heavy (non-hydrogen) atoms. The second-order valence-electron chi connectivity index (χ2n) is 13.1. The summed E-state index contributed by atoms with van der Waals surface area (Å²) in [4.78, 5) is 43.2. The van der Waals surface area contributed by atoms with Crippen LogP contribution in [0.5, 0.6) is 0 Å². The average molecular weight is 691 g/mol. The fourth-order valence-electron chi connectivity index (χ4n) is 6.08. The van der Waals surface area contributed by atoms with Crippen LogP contribution in [0, 0.1) is 36.0 Å². The van der Waals surface area contributed by atoms with Crippen molar-refractivity contribution in [1.29, 1.82) is 0 Å². The van der Waals surface area contributed by atoms with Crippen molar-refractivity contribution in [2.75, 3.05) is 33.7 Å². The van der Waals surface area contributed by atoms with Crippen molar-refractivity contribution in [3.05, 3.63) is 35.9 Å². The van der Waals surface area contributed by atoms with Crippen LogP contribution < -0.4 is 10.6 Å². The molecule has 0 radical (unpaired) electrons. The molecule has 0 aromatic heterocycles. The minimum absolute atomic E-state index is 0.0134. The lowest BCUT2D eigenvalue weighted by Gasteiger charge is -2.33. The van der Waals surface area contributed by atoms with Gasteiger partial charge in [0.2, 0.25) is 17.7 Å². The molecule has 0 saturated heterocycles. The highest BCUT2D eigenvalue weighted by molar-refractivity contribution is 5.91. The van der Waals surface area contributed by atoms with Gasteiger partial charge in [0, 0.05) is 39.4 Å². The number of alkyl halides is 3. The zero-order valence-electron chi connectivity index (χ0n) is 29.0. The van der Waals surface area contributed by atoms with Crippen LogP contribution >= 0.6 is 0 Å². The first-order chi connectivity index (χ1) is 23.2. The van der Waals surface area contributed by atoms with Gasteiger partial charge < -0.3 is 25.7 Å². The molecule has 1 aromatic carbocycles. The molecule has 0 spiro atoms. The Bertz CT molecular complexity index is 1270. The summed E-state index contributed by atoms with van der Waals surface area (Å²) < 4.78 is 38.3. The standard InChI is InChI=1S/C37H53F3N4O5/c1-5-7-19-30(36(49)42-31(24-28-17-13-10-14-18-28)34(47)32(45)20-8-6-2)41-35(48)29(23-27-15-11-9-12-16-27)25-33(46)44(4)22-21-43(3)26-37(38,39)40/h2,9,11-12,15-16,28-32,34,45,47H,8,10,13-14,17-26H2,1,3-4H3,(H,41,48)(H,42,49)/t29?,30-,31?,32?,34+/m0/s1. The molecule has 12 heteroatoms. The van der Waals surface area contributed by atoms with Crippen LogP contribution in [0.1, 0.15) is 76.7 Å². The third-order valence-electron chi connectivity index (χ3n) is 8.96. The Morgan fingerprint density at radius 2 is 1.69 bits per heavy atom. The number of hydrogen-bond acceptors (Lipinski definition) is 6. The number of carbonyl (C=O) groups is 3. The third kappa shape index (κ3) is 16.1. The molecular weight excluding hydrogens is 637 g/mol. The van der Waals surface area contributed by atoms with Gasteiger partial charge in [-0.05, 0) is 44.7 Å². The SMILES string of the molecule is C#CCCC(O)[C@H](O)C(CC1CCCCC1)NC(=O)[C@H](CC#CC)NC(=O)C(CC(=O)N(C)CCN(C)CC(F)(F)F)Cc1ccccc1. The van der Waals surface area contributed by atoms with Gasteiger partial charge >= 0.3 is 6.18 Å². The Hall–Kier alpha value is -3.58. The number of nitrogens with zero attached hydrogens (tertiary/aromatic N) is 2. The monoisotopic (exact) mass is 690 g/mol. The number of benzene rings is 1. The summed E-state index contributed by atoms with van der Waals surface area (Å²) in [5.41, 5.74) is 0.786. The smallest absolute Gasteiger partial charge is 0.390 e. The first-order valence-corrected chi connectivity index (χ1v) is 17.1. The topological polar surface area (TPSA) is 122 Å². The minimum Gasteiger partial charge on any atom is -0.390 e. The number of aliphatic hydroxyl groups excluding tert-OH is 2. The van der Waals surface area contributed by atoms with E-state index in [1.807, 2.05) is 18.2 Å². The van der Waals surface area contributed by atoms with E-state index in [0.717, 1.165) is 42.6 Å². The van der Waals surface area contributed by atoms with Gasteiger partial charge in [0.15, 0.2) is 0 Å². The number of hydrogen-bond donors (Lipinski definition) is 4. The third-order valence-corrected chi connectivity index (χ3v) is 8.96. The molecule has 5 atom stereocenters. The van der Waals surface area contributed by atoms with Crippen molar-refractivity contribution < 1.29 is 37.8 Å². The highest BCUT2D eigenvalue weighted by Gasteiger charge is 2.34. The van der Waals surface area contributed by atoms with E-state index in [4.69, 9.17) is 6.42 Å². The lowest BCUT2D eigenvalue weighted by molar-refractivity contribution is -0.144. The van der Waals surface area contributed by atoms with Gasteiger partial charge in [-0.2, -0.15) is 13.2 Å². The molecule has 9 nitrogen and oxygen atoms in total. The summed E-state index contributed by atoms with van der Waals surface area (Å²) in [5, 5.41) is 27.4. The predicted octanol–water partition coefficient (Wildman–Crippen LogP) is 3.68. The molecule has 1 aromatic rings. The molecule has 4 N–H and O–H groups in total. The van der Waals surface area contributed by atoms with Crippen LogP contribution in [0.4, 0.5) is 13.2 Å². The number of carbonyl (C=O) groups excluding carboxylic acids is 3. The van der Waals surface area contributed by atoms with Crippen molar-refractivity contribution in [3.63, 3.8) is 0 Å². The van der Waals surface area contributed by atoms with E-state index in [1.54, 1.807) is 19.1 Å². The van der Waals surface area contributed by atoms with Gasteiger partial charge in [0.05, 0.1) is 24.6 Å². The lowest BCUT2D eigenvalue weighted by Crippen LogP contribution is -2.56. The molecule has 1 aliphatic carbocycles. The predicted molar refractivity (Wildman–Crippen MR) is 183 cm³/mol. The number of halogens is 3. The Kier molecular flexibility index (Phi) is 18.2. The Morgan fingerprint density at radius 3 is 2.31 bits per heavy atom. The van der Waals surface area contributed by atoms with Crippen molar-refractivity contribution in [2.24, 2.45) is 11.8 Å². The summed E-state index contributed by atoms with van der Waals surface area (Å²) in [6, 6.07) is 7.15. The maximum Gasteiger partial charge on any atom is 0.401 e. The number of aliphatic hydroxyl groups is 2. The van der Waals surface area contributed by atoms with E-state index in [1.165, 1.54) is 19.0 Å². The van der Waals surface area contributed by atoms with Crippen LogP contribution in [0.15, 0.2) is 30.3 Å². The van der Waals surface area contributed by atoms with Gasteiger partial charge in [-0.25, -0.2) is 0 Å². The zero-order valence-corrected chi connectivity index (χ0v) is 29.0. The molecule has 0 heterocycles. The normalized spacial score (nSPS) is 16.7.